The minimum atomic E-state index is 0.199. The van der Waals surface area contributed by atoms with Gasteiger partial charge in [-0.3, -0.25) is 19.4 Å². The van der Waals surface area contributed by atoms with Crippen molar-refractivity contribution in [1.29, 1.82) is 0 Å². The fourth-order valence-corrected chi connectivity index (χ4v) is 3.75. The summed E-state index contributed by atoms with van der Waals surface area (Å²) in [5.74, 6) is 0.838. The molecule has 0 bridgehead atoms. The summed E-state index contributed by atoms with van der Waals surface area (Å²) in [6.45, 7) is 5.41. The van der Waals surface area contributed by atoms with Crippen molar-refractivity contribution in [3.05, 3.63) is 47.5 Å². The zero-order valence-electron chi connectivity index (χ0n) is 15.4. The van der Waals surface area contributed by atoms with Crippen molar-refractivity contribution in [3.8, 4) is 0 Å². The molecule has 1 N–H and O–H groups in total. The predicted molar refractivity (Wildman–Crippen MR) is 99.3 cm³/mol. The summed E-state index contributed by atoms with van der Waals surface area (Å²) < 4.78 is 2.13. The van der Waals surface area contributed by atoms with Crippen molar-refractivity contribution in [2.45, 2.75) is 51.7 Å². The molecule has 1 unspecified atom stereocenters. The lowest BCUT2D eigenvalue weighted by atomic mass is 10.1. The molecule has 1 fully saturated rings. The number of hydrogen-bond donors (Lipinski definition) is 1. The summed E-state index contributed by atoms with van der Waals surface area (Å²) >= 11 is 0. The van der Waals surface area contributed by atoms with Gasteiger partial charge in [-0.1, -0.05) is 6.07 Å². The highest BCUT2D eigenvalue weighted by atomic mass is 16.1. The Morgan fingerprint density at radius 3 is 3.00 bits per heavy atom. The molecule has 26 heavy (non-hydrogen) atoms. The van der Waals surface area contributed by atoms with E-state index in [-0.39, 0.29) is 5.91 Å². The van der Waals surface area contributed by atoms with Crippen LogP contribution >= 0.6 is 0 Å². The molecule has 2 aromatic heterocycles. The Bertz CT molecular complexity index is 767. The first kappa shape index (κ1) is 17.2. The first-order valence-electron chi connectivity index (χ1n) is 9.61. The van der Waals surface area contributed by atoms with Gasteiger partial charge in [0.25, 0.3) is 0 Å². The van der Waals surface area contributed by atoms with Crippen molar-refractivity contribution in [3.63, 3.8) is 0 Å². The van der Waals surface area contributed by atoms with E-state index in [2.05, 4.69) is 43.2 Å². The van der Waals surface area contributed by atoms with Crippen LogP contribution in [0.3, 0.4) is 0 Å². The maximum atomic E-state index is 11.9. The van der Waals surface area contributed by atoms with Crippen molar-refractivity contribution >= 4 is 5.91 Å². The molecular formula is C20H27N5O. The quantitative estimate of drug-likeness (QED) is 0.830. The standard InChI is InChI=1S/C20H27N5O/c1-15-3-2-4-17(23-15)12-24-13-18(25-19(14-24)8-10-22-25)7-9-21-20(26)11-16-5-6-16/h2-4,8,10,16,18H,5-7,9,11-14H2,1H3,(H,21,26). The lowest BCUT2D eigenvalue weighted by molar-refractivity contribution is -0.121. The van der Waals surface area contributed by atoms with Crippen LogP contribution in [0.5, 0.6) is 0 Å². The maximum Gasteiger partial charge on any atom is 0.220 e. The van der Waals surface area contributed by atoms with E-state index in [1.54, 1.807) is 0 Å². The van der Waals surface area contributed by atoms with Crippen molar-refractivity contribution < 1.29 is 4.79 Å². The molecule has 6 nitrogen and oxygen atoms in total. The molecule has 4 rings (SSSR count). The van der Waals surface area contributed by atoms with Gasteiger partial charge in [-0.15, -0.1) is 0 Å². The second kappa shape index (κ2) is 7.58. The van der Waals surface area contributed by atoms with Gasteiger partial charge < -0.3 is 5.32 Å². The van der Waals surface area contributed by atoms with Gasteiger partial charge in [0.1, 0.15) is 0 Å². The van der Waals surface area contributed by atoms with E-state index in [4.69, 9.17) is 0 Å². The van der Waals surface area contributed by atoms with Crippen LogP contribution in [0, 0.1) is 12.8 Å². The second-order valence-electron chi connectivity index (χ2n) is 7.65. The molecule has 1 atom stereocenters. The van der Waals surface area contributed by atoms with E-state index >= 15 is 0 Å². The Balaban J connectivity index is 1.35. The van der Waals surface area contributed by atoms with Gasteiger partial charge in [-0.05, 0) is 50.3 Å². The molecule has 6 heteroatoms. The molecule has 0 spiro atoms. The van der Waals surface area contributed by atoms with E-state index in [1.165, 1.54) is 18.5 Å². The topological polar surface area (TPSA) is 63.1 Å². The Hall–Kier alpha value is -2.21. The summed E-state index contributed by atoms with van der Waals surface area (Å²) in [5, 5.41) is 7.60. The first-order chi connectivity index (χ1) is 12.7. The number of aryl methyl sites for hydroxylation is 1. The van der Waals surface area contributed by atoms with Crippen LogP contribution in [0.4, 0.5) is 0 Å². The number of nitrogens with one attached hydrogen (secondary N) is 1. The smallest absolute Gasteiger partial charge is 0.220 e. The minimum absolute atomic E-state index is 0.199. The molecule has 0 saturated heterocycles. The monoisotopic (exact) mass is 353 g/mol. The van der Waals surface area contributed by atoms with E-state index in [0.29, 0.717) is 24.9 Å². The van der Waals surface area contributed by atoms with E-state index in [1.807, 2.05) is 19.2 Å². The third kappa shape index (κ3) is 4.30. The number of amides is 1. The first-order valence-corrected chi connectivity index (χ1v) is 9.61. The van der Waals surface area contributed by atoms with Crippen LogP contribution in [0.25, 0.3) is 0 Å². The van der Waals surface area contributed by atoms with Crippen LogP contribution in [0.1, 0.15) is 48.8 Å². The van der Waals surface area contributed by atoms with E-state index in [9.17, 15) is 4.79 Å². The van der Waals surface area contributed by atoms with Gasteiger partial charge in [-0.2, -0.15) is 5.10 Å². The van der Waals surface area contributed by atoms with Gasteiger partial charge in [0.05, 0.1) is 17.4 Å². The van der Waals surface area contributed by atoms with Crippen molar-refractivity contribution in [2.75, 3.05) is 13.1 Å². The molecule has 1 saturated carbocycles. The number of pyridine rings is 1. The molecule has 0 radical (unpaired) electrons. The Morgan fingerprint density at radius 1 is 1.31 bits per heavy atom. The number of nitrogens with zero attached hydrogens (tertiary/aromatic N) is 4. The minimum Gasteiger partial charge on any atom is -0.356 e. The summed E-state index contributed by atoms with van der Waals surface area (Å²) in [6.07, 6.45) is 5.91. The van der Waals surface area contributed by atoms with Crippen LogP contribution < -0.4 is 5.32 Å². The SMILES string of the molecule is Cc1cccc(CN2Cc3ccnn3C(CCNC(=O)CC3CC3)C2)n1. The molecule has 2 aromatic rings. The van der Waals surface area contributed by atoms with Gasteiger partial charge >= 0.3 is 0 Å². The summed E-state index contributed by atoms with van der Waals surface area (Å²) in [5.41, 5.74) is 3.40. The Morgan fingerprint density at radius 2 is 2.19 bits per heavy atom. The third-order valence-corrected chi connectivity index (χ3v) is 5.26. The van der Waals surface area contributed by atoms with Crippen LogP contribution in [0.15, 0.2) is 30.5 Å². The lowest BCUT2D eigenvalue weighted by Gasteiger charge is -2.33. The fraction of sp³-hybridized carbons (Fsp3) is 0.550. The summed E-state index contributed by atoms with van der Waals surface area (Å²) in [7, 11) is 0. The van der Waals surface area contributed by atoms with Crippen molar-refractivity contribution in [1.82, 2.24) is 25.0 Å². The third-order valence-electron chi connectivity index (χ3n) is 5.26. The molecule has 1 aliphatic heterocycles. The number of carbonyl (C=O) groups excluding carboxylic acids is 1. The number of fused-ring (bicyclic) bond motifs is 1. The van der Waals surface area contributed by atoms with E-state index in [0.717, 1.165) is 37.4 Å². The molecule has 3 heterocycles. The highest BCUT2D eigenvalue weighted by molar-refractivity contribution is 5.76. The maximum absolute atomic E-state index is 11.9. The zero-order chi connectivity index (χ0) is 17.9. The number of carbonyl (C=O) groups is 1. The van der Waals surface area contributed by atoms with Gasteiger partial charge in [0.2, 0.25) is 5.91 Å². The van der Waals surface area contributed by atoms with Crippen LogP contribution in [-0.4, -0.2) is 38.7 Å². The molecular weight excluding hydrogens is 326 g/mol. The second-order valence-corrected chi connectivity index (χ2v) is 7.65. The average molecular weight is 353 g/mol. The summed E-state index contributed by atoms with van der Waals surface area (Å²) in [6, 6.07) is 8.57. The Labute approximate surface area is 154 Å². The van der Waals surface area contributed by atoms with Gasteiger partial charge in [-0.25, -0.2) is 0 Å². The predicted octanol–water partition coefficient (Wildman–Crippen LogP) is 2.45. The number of rotatable bonds is 7. The lowest BCUT2D eigenvalue weighted by Crippen LogP contribution is -2.39. The largest absolute Gasteiger partial charge is 0.356 e. The van der Waals surface area contributed by atoms with E-state index < -0.39 is 0 Å². The van der Waals surface area contributed by atoms with Crippen LogP contribution in [0.2, 0.25) is 0 Å². The molecule has 2 aliphatic rings. The number of hydrogen-bond acceptors (Lipinski definition) is 4. The highest BCUT2D eigenvalue weighted by Crippen LogP contribution is 2.32. The van der Waals surface area contributed by atoms with Crippen LogP contribution in [-0.2, 0) is 17.9 Å². The fourth-order valence-electron chi connectivity index (χ4n) is 3.75. The molecule has 1 aliphatic carbocycles. The number of aromatic nitrogens is 3. The molecule has 0 aromatic carbocycles. The molecule has 138 valence electrons. The zero-order valence-corrected chi connectivity index (χ0v) is 15.4. The van der Waals surface area contributed by atoms with Gasteiger partial charge in [0.15, 0.2) is 0 Å². The summed E-state index contributed by atoms with van der Waals surface area (Å²) in [4.78, 5) is 19.0. The Kier molecular flexibility index (Phi) is 5.02. The highest BCUT2D eigenvalue weighted by Gasteiger charge is 2.27. The normalized spacial score (nSPS) is 20.0. The van der Waals surface area contributed by atoms with Gasteiger partial charge in [0, 0.05) is 44.5 Å². The van der Waals surface area contributed by atoms with Crippen molar-refractivity contribution in [2.24, 2.45) is 5.92 Å². The molecule has 1 amide bonds. The average Bonchev–Trinajstić information content (AvgIpc) is 3.28.